The Kier molecular flexibility index (Phi) is 5.53. The monoisotopic (exact) mass is 226 g/mol. The van der Waals surface area contributed by atoms with E-state index in [1.807, 2.05) is 12.1 Å². The van der Waals surface area contributed by atoms with Crippen molar-refractivity contribution < 1.29 is 5.11 Å². The number of hydrogen-bond donors (Lipinski definition) is 2. The molecule has 0 atom stereocenters. The highest BCUT2D eigenvalue weighted by atomic mass is 32.2. The summed E-state index contributed by atoms with van der Waals surface area (Å²) < 4.78 is 5.36. The van der Waals surface area contributed by atoms with Crippen molar-refractivity contribution in [2.45, 2.75) is 13.8 Å². The molecule has 0 radical (unpaired) electrons. The predicted octanol–water partition coefficient (Wildman–Crippen LogP) is 2.28. The van der Waals surface area contributed by atoms with Crippen LogP contribution in [0.4, 0.5) is 5.69 Å². The largest absolute Gasteiger partial charge is 0.395 e. The number of nitrogens with one attached hydrogen (secondary N) is 1. The summed E-state index contributed by atoms with van der Waals surface area (Å²) in [6.07, 6.45) is 0. The summed E-state index contributed by atoms with van der Waals surface area (Å²) in [5.41, 5.74) is 2.35. The van der Waals surface area contributed by atoms with Crippen LogP contribution in [-0.2, 0) is 0 Å². The maximum absolute atomic E-state index is 8.84. The molecular formula is C11H18N2OS. The van der Waals surface area contributed by atoms with E-state index in [1.54, 1.807) is 0 Å². The molecule has 4 heteroatoms. The maximum Gasteiger partial charge on any atom is 0.0568 e. The molecule has 0 aromatic heterocycles. The molecule has 3 nitrogen and oxygen atoms in total. The fraction of sp³-hybridized carbons (Fsp3) is 0.455. The van der Waals surface area contributed by atoms with Crippen molar-refractivity contribution in [1.29, 1.82) is 0 Å². The summed E-state index contributed by atoms with van der Waals surface area (Å²) in [5, 5.41) is 8.84. The van der Waals surface area contributed by atoms with Gasteiger partial charge >= 0.3 is 0 Å². The Morgan fingerprint density at radius 1 is 1.40 bits per heavy atom. The minimum Gasteiger partial charge on any atom is -0.395 e. The number of rotatable bonds is 6. The summed E-state index contributed by atoms with van der Waals surface area (Å²) in [6.45, 7) is 5.92. The first-order valence-electron chi connectivity index (χ1n) is 5.12. The van der Waals surface area contributed by atoms with E-state index in [4.69, 9.17) is 5.11 Å². The second kappa shape index (κ2) is 6.71. The first kappa shape index (κ1) is 12.4. The van der Waals surface area contributed by atoms with Crippen molar-refractivity contribution in [2.24, 2.45) is 0 Å². The van der Waals surface area contributed by atoms with Crippen molar-refractivity contribution >= 4 is 17.8 Å². The lowest BCUT2D eigenvalue weighted by Crippen LogP contribution is -2.21. The minimum atomic E-state index is 0.191. The molecule has 0 heterocycles. The molecular weight excluding hydrogens is 208 g/mol. The number of nitrogens with zero attached hydrogens (tertiary/aromatic N) is 1. The lowest BCUT2D eigenvalue weighted by atomic mass is 10.2. The molecule has 1 rings (SSSR count). The third kappa shape index (κ3) is 4.11. The molecule has 0 saturated carbocycles. The number of para-hydroxylation sites is 1. The highest BCUT2D eigenvalue weighted by Crippen LogP contribution is 2.19. The Morgan fingerprint density at radius 3 is 2.73 bits per heavy atom. The first-order valence-corrected chi connectivity index (χ1v) is 5.89. The minimum absolute atomic E-state index is 0.191. The SMILES string of the molecule is CCN(CCO)SNc1ccccc1C. The van der Waals surface area contributed by atoms with Crippen molar-refractivity contribution in [2.75, 3.05) is 24.4 Å². The van der Waals surface area contributed by atoms with Crippen LogP contribution >= 0.6 is 12.1 Å². The number of aliphatic hydroxyl groups is 1. The van der Waals surface area contributed by atoms with Gasteiger partial charge in [0.1, 0.15) is 0 Å². The molecule has 0 fully saturated rings. The van der Waals surface area contributed by atoms with Gasteiger partial charge in [0.2, 0.25) is 0 Å². The van der Waals surface area contributed by atoms with E-state index in [-0.39, 0.29) is 6.61 Å². The average molecular weight is 226 g/mol. The van der Waals surface area contributed by atoms with Crippen LogP contribution < -0.4 is 4.72 Å². The smallest absolute Gasteiger partial charge is 0.0568 e. The number of hydrogen-bond acceptors (Lipinski definition) is 4. The molecule has 1 aromatic carbocycles. The van der Waals surface area contributed by atoms with E-state index in [0.717, 1.165) is 12.2 Å². The zero-order valence-electron chi connectivity index (χ0n) is 9.23. The van der Waals surface area contributed by atoms with E-state index in [9.17, 15) is 0 Å². The summed E-state index contributed by atoms with van der Waals surface area (Å²) in [5.74, 6) is 0. The number of anilines is 1. The lowest BCUT2D eigenvalue weighted by Gasteiger charge is -2.18. The quantitative estimate of drug-likeness (QED) is 0.730. The van der Waals surface area contributed by atoms with Gasteiger partial charge in [0.05, 0.1) is 6.61 Å². The van der Waals surface area contributed by atoms with Gasteiger partial charge in [-0.25, -0.2) is 4.31 Å². The topological polar surface area (TPSA) is 35.5 Å². The predicted molar refractivity (Wildman–Crippen MR) is 66.7 cm³/mol. The Labute approximate surface area is 95.8 Å². The molecule has 2 N–H and O–H groups in total. The van der Waals surface area contributed by atoms with Crippen LogP contribution in [0.25, 0.3) is 0 Å². The van der Waals surface area contributed by atoms with E-state index in [0.29, 0.717) is 6.54 Å². The highest BCUT2D eigenvalue weighted by Gasteiger charge is 2.02. The lowest BCUT2D eigenvalue weighted by molar-refractivity contribution is 0.265. The standard InChI is InChI=1S/C11H18N2OS/c1-3-13(8-9-14)15-12-11-7-5-4-6-10(11)2/h4-7,12,14H,3,8-9H2,1-2H3. The summed E-state index contributed by atoms with van der Waals surface area (Å²) in [7, 11) is 0. The van der Waals surface area contributed by atoms with Crippen LogP contribution in [0.1, 0.15) is 12.5 Å². The normalized spacial score (nSPS) is 10.7. The van der Waals surface area contributed by atoms with Gasteiger partial charge in [-0.1, -0.05) is 25.1 Å². The van der Waals surface area contributed by atoms with Crippen LogP contribution in [0, 0.1) is 6.92 Å². The third-order valence-corrected chi connectivity index (χ3v) is 3.14. The van der Waals surface area contributed by atoms with Gasteiger partial charge in [-0.05, 0) is 18.6 Å². The zero-order valence-corrected chi connectivity index (χ0v) is 10.0. The van der Waals surface area contributed by atoms with Crippen molar-refractivity contribution in [3.63, 3.8) is 0 Å². The van der Waals surface area contributed by atoms with E-state index >= 15 is 0 Å². The molecule has 0 aliphatic rings. The Balaban J connectivity index is 2.45. The Hall–Kier alpha value is -0.710. The number of aliphatic hydroxyl groups excluding tert-OH is 1. The van der Waals surface area contributed by atoms with Gasteiger partial charge in [-0.15, -0.1) is 0 Å². The molecule has 15 heavy (non-hydrogen) atoms. The number of likely N-dealkylation sites (N-methyl/N-ethyl adjacent to an activating group) is 1. The first-order chi connectivity index (χ1) is 7.27. The maximum atomic E-state index is 8.84. The number of benzene rings is 1. The Bertz CT molecular complexity index is 294. The highest BCUT2D eigenvalue weighted by molar-refractivity contribution is 7.98. The van der Waals surface area contributed by atoms with Crippen LogP contribution in [0.2, 0.25) is 0 Å². The second-order valence-electron chi connectivity index (χ2n) is 3.25. The summed E-state index contributed by atoms with van der Waals surface area (Å²) in [4.78, 5) is 0. The molecule has 0 bridgehead atoms. The van der Waals surface area contributed by atoms with Gasteiger partial charge in [-0.2, -0.15) is 0 Å². The van der Waals surface area contributed by atoms with Crippen LogP contribution in [-0.4, -0.2) is 29.1 Å². The van der Waals surface area contributed by atoms with E-state index in [1.165, 1.54) is 17.7 Å². The molecule has 0 aliphatic heterocycles. The molecule has 0 spiro atoms. The zero-order chi connectivity index (χ0) is 11.1. The van der Waals surface area contributed by atoms with Crippen molar-refractivity contribution in [3.05, 3.63) is 29.8 Å². The molecule has 0 saturated heterocycles. The Morgan fingerprint density at radius 2 is 2.13 bits per heavy atom. The van der Waals surface area contributed by atoms with Gasteiger partial charge in [0, 0.05) is 30.9 Å². The second-order valence-corrected chi connectivity index (χ2v) is 4.16. The fourth-order valence-corrected chi connectivity index (χ4v) is 1.94. The molecule has 0 unspecified atom stereocenters. The van der Waals surface area contributed by atoms with Gasteiger partial charge in [0.15, 0.2) is 0 Å². The molecule has 0 aliphatic carbocycles. The average Bonchev–Trinajstić information content (AvgIpc) is 2.26. The van der Waals surface area contributed by atoms with Crippen molar-refractivity contribution in [1.82, 2.24) is 4.31 Å². The number of aryl methyl sites for hydroxylation is 1. The van der Waals surface area contributed by atoms with E-state index in [2.05, 4.69) is 35.0 Å². The molecule has 0 amide bonds. The molecule has 1 aromatic rings. The van der Waals surface area contributed by atoms with Gasteiger partial charge in [0.25, 0.3) is 0 Å². The van der Waals surface area contributed by atoms with Crippen LogP contribution in [0.5, 0.6) is 0 Å². The summed E-state index contributed by atoms with van der Waals surface area (Å²) in [6, 6.07) is 8.16. The summed E-state index contributed by atoms with van der Waals surface area (Å²) >= 11 is 1.54. The van der Waals surface area contributed by atoms with Crippen molar-refractivity contribution in [3.8, 4) is 0 Å². The third-order valence-electron chi connectivity index (χ3n) is 2.13. The van der Waals surface area contributed by atoms with E-state index < -0.39 is 0 Å². The fourth-order valence-electron chi connectivity index (χ4n) is 1.18. The van der Waals surface area contributed by atoms with Crippen LogP contribution in [0.3, 0.4) is 0 Å². The van der Waals surface area contributed by atoms with Crippen LogP contribution in [0.15, 0.2) is 24.3 Å². The van der Waals surface area contributed by atoms with Gasteiger partial charge in [-0.3, -0.25) is 0 Å². The molecule has 84 valence electrons. The van der Waals surface area contributed by atoms with Gasteiger partial charge < -0.3 is 9.83 Å².